The third-order valence-corrected chi connectivity index (χ3v) is 2.09. The van der Waals surface area contributed by atoms with Crippen molar-refractivity contribution in [3.8, 4) is 22.6 Å². The van der Waals surface area contributed by atoms with Gasteiger partial charge in [-0.05, 0) is 23.8 Å². The fourth-order valence-corrected chi connectivity index (χ4v) is 1.45. The van der Waals surface area contributed by atoms with Crippen molar-refractivity contribution in [2.24, 2.45) is 0 Å². The molecule has 2 rings (SSSR count). The highest BCUT2D eigenvalue weighted by Gasteiger charge is 2.06. The van der Waals surface area contributed by atoms with Crippen molar-refractivity contribution in [3.63, 3.8) is 0 Å². The molecule has 0 spiro atoms. The zero-order valence-corrected chi connectivity index (χ0v) is 7.81. The highest BCUT2D eigenvalue weighted by atomic mass is 19.1. The lowest BCUT2D eigenvalue weighted by atomic mass is 10.0. The van der Waals surface area contributed by atoms with E-state index in [1.54, 1.807) is 18.2 Å². The van der Waals surface area contributed by atoms with Crippen molar-refractivity contribution in [2.75, 3.05) is 0 Å². The van der Waals surface area contributed by atoms with Gasteiger partial charge in [0.1, 0.15) is 17.3 Å². The normalized spacial score (nSPS) is 10.2. The van der Waals surface area contributed by atoms with Gasteiger partial charge in [-0.1, -0.05) is 18.2 Å². The highest BCUT2D eigenvalue weighted by Crippen LogP contribution is 2.29. The van der Waals surface area contributed by atoms with E-state index in [0.29, 0.717) is 11.1 Å². The molecule has 0 aliphatic rings. The summed E-state index contributed by atoms with van der Waals surface area (Å²) in [5, 5.41) is 18.5. The highest BCUT2D eigenvalue weighted by molar-refractivity contribution is 5.67. The summed E-state index contributed by atoms with van der Waals surface area (Å²) in [6, 6.07) is 10.2. The number of aromatic hydroxyl groups is 2. The first kappa shape index (κ1) is 9.52. The molecule has 0 atom stereocenters. The van der Waals surface area contributed by atoms with Crippen LogP contribution < -0.4 is 0 Å². The van der Waals surface area contributed by atoms with E-state index in [1.807, 2.05) is 0 Å². The van der Waals surface area contributed by atoms with E-state index < -0.39 is 0 Å². The summed E-state index contributed by atoms with van der Waals surface area (Å²) in [6.07, 6.45) is 0. The molecular formula is C12H9FO2. The van der Waals surface area contributed by atoms with Crippen molar-refractivity contribution >= 4 is 0 Å². The van der Waals surface area contributed by atoms with Gasteiger partial charge in [0.15, 0.2) is 0 Å². The van der Waals surface area contributed by atoms with E-state index in [0.717, 1.165) is 0 Å². The van der Waals surface area contributed by atoms with E-state index in [4.69, 9.17) is 0 Å². The van der Waals surface area contributed by atoms with Crippen LogP contribution in [-0.4, -0.2) is 10.2 Å². The lowest BCUT2D eigenvalue weighted by Gasteiger charge is -2.04. The van der Waals surface area contributed by atoms with Crippen molar-refractivity contribution in [2.45, 2.75) is 0 Å². The Morgan fingerprint density at radius 1 is 0.867 bits per heavy atom. The van der Waals surface area contributed by atoms with Gasteiger partial charge in [-0.2, -0.15) is 0 Å². The molecule has 76 valence electrons. The molecule has 0 fully saturated rings. The number of phenolic OH excluding ortho intramolecular Hbond substituents is 2. The summed E-state index contributed by atoms with van der Waals surface area (Å²) in [7, 11) is 0. The molecule has 15 heavy (non-hydrogen) atoms. The van der Waals surface area contributed by atoms with Crippen molar-refractivity contribution < 1.29 is 14.6 Å². The zero-order chi connectivity index (χ0) is 10.8. The van der Waals surface area contributed by atoms with Gasteiger partial charge in [-0.25, -0.2) is 4.39 Å². The minimum atomic E-state index is -0.387. The van der Waals surface area contributed by atoms with Crippen molar-refractivity contribution in [1.82, 2.24) is 0 Å². The Morgan fingerprint density at radius 2 is 1.47 bits per heavy atom. The molecule has 2 nitrogen and oxygen atoms in total. The second-order valence-electron chi connectivity index (χ2n) is 3.22. The molecule has 0 radical (unpaired) electrons. The number of halogens is 1. The van der Waals surface area contributed by atoms with Crippen molar-refractivity contribution in [1.29, 1.82) is 0 Å². The van der Waals surface area contributed by atoms with Gasteiger partial charge in [0.05, 0.1) is 0 Å². The van der Waals surface area contributed by atoms with Gasteiger partial charge in [0.2, 0.25) is 0 Å². The fraction of sp³-hybridized carbons (Fsp3) is 0. The number of hydrogen-bond donors (Lipinski definition) is 2. The Labute approximate surface area is 86.2 Å². The molecular weight excluding hydrogens is 195 g/mol. The second-order valence-corrected chi connectivity index (χ2v) is 3.22. The van der Waals surface area contributed by atoms with E-state index >= 15 is 0 Å². The van der Waals surface area contributed by atoms with Crippen molar-refractivity contribution in [3.05, 3.63) is 48.3 Å². The van der Waals surface area contributed by atoms with Gasteiger partial charge < -0.3 is 10.2 Å². The molecule has 0 aliphatic heterocycles. The van der Waals surface area contributed by atoms with E-state index in [9.17, 15) is 14.6 Å². The minimum absolute atomic E-state index is 0.0896. The van der Waals surface area contributed by atoms with E-state index in [2.05, 4.69) is 0 Å². The molecule has 0 bridgehead atoms. The van der Waals surface area contributed by atoms with Gasteiger partial charge >= 0.3 is 0 Å². The van der Waals surface area contributed by atoms with E-state index in [1.165, 1.54) is 24.3 Å². The predicted octanol–water partition coefficient (Wildman–Crippen LogP) is 2.90. The first-order valence-corrected chi connectivity index (χ1v) is 4.45. The van der Waals surface area contributed by atoms with Crippen LogP contribution >= 0.6 is 0 Å². The monoisotopic (exact) mass is 204 g/mol. The quantitative estimate of drug-likeness (QED) is 0.749. The Balaban J connectivity index is 2.59. The maximum absolute atomic E-state index is 13.4. The summed E-state index contributed by atoms with van der Waals surface area (Å²) in [4.78, 5) is 0. The SMILES string of the molecule is Oc1cc(O)cc(-c2ccccc2F)c1. The van der Waals surface area contributed by atoms with Crippen LogP contribution in [0.25, 0.3) is 11.1 Å². The van der Waals surface area contributed by atoms with Crippen LogP contribution in [0.5, 0.6) is 11.5 Å². The number of hydrogen-bond acceptors (Lipinski definition) is 2. The Hall–Kier alpha value is -2.03. The van der Waals surface area contributed by atoms with Crippen LogP contribution in [-0.2, 0) is 0 Å². The average Bonchev–Trinajstić information content (AvgIpc) is 2.16. The molecule has 0 aromatic heterocycles. The first-order chi connectivity index (χ1) is 7.16. The van der Waals surface area contributed by atoms with Crippen LogP contribution in [0.2, 0.25) is 0 Å². The molecule has 0 heterocycles. The summed E-state index contributed by atoms with van der Waals surface area (Å²) >= 11 is 0. The molecule has 3 heteroatoms. The van der Waals surface area contributed by atoms with Gasteiger partial charge in [-0.3, -0.25) is 0 Å². The van der Waals surface area contributed by atoms with E-state index in [-0.39, 0.29) is 17.3 Å². The molecule has 0 saturated heterocycles. The molecule has 0 unspecified atom stereocenters. The summed E-state index contributed by atoms with van der Waals surface area (Å²) in [5.74, 6) is -0.566. The molecule has 2 aromatic rings. The third kappa shape index (κ3) is 1.91. The van der Waals surface area contributed by atoms with Crippen LogP contribution in [0.3, 0.4) is 0 Å². The van der Waals surface area contributed by atoms with Gasteiger partial charge in [0.25, 0.3) is 0 Å². The van der Waals surface area contributed by atoms with Crippen LogP contribution in [0, 0.1) is 5.82 Å². The maximum Gasteiger partial charge on any atom is 0.131 e. The van der Waals surface area contributed by atoms with Crippen LogP contribution in [0.15, 0.2) is 42.5 Å². The summed E-state index contributed by atoms with van der Waals surface area (Å²) < 4.78 is 13.4. The Bertz CT molecular complexity index is 474. The Morgan fingerprint density at radius 3 is 2.07 bits per heavy atom. The summed E-state index contributed by atoms with van der Waals surface area (Å²) in [5.41, 5.74) is 0.800. The fourth-order valence-electron chi connectivity index (χ4n) is 1.45. The maximum atomic E-state index is 13.4. The lowest BCUT2D eigenvalue weighted by Crippen LogP contribution is -1.83. The largest absolute Gasteiger partial charge is 0.508 e. The molecule has 0 amide bonds. The molecule has 0 aliphatic carbocycles. The second kappa shape index (κ2) is 3.61. The Kier molecular flexibility index (Phi) is 2.29. The van der Waals surface area contributed by atoms with Crippen LogP contribution in [0.4, 0.5) is 4.39 Å². The third-order valence-electron chi connectivity index (χ3n) is 2.09. The smallest absolute Gasteiger partial charge is 0.131 e. The molecule has 2 aromatic carbocycles. The number of phenols is 2. The standard InChI is InChI=1S/C12H9FO2/c13-12-4-2-1-3-11(12)8-5-9(14)7-10(15)6-8/h1-7,14-15H. The lowest BCUT2D eigenvalue weighted by molar-refractivity contribution is 0.451. The first-order valence-electron chi connectivity index (χ1n) is 4.45. The topological polar surface area (TPSA) is 40.5 Å². The summed E-state index contributed by atoms with van der Waals surface area (Å²) in [6.45, 7) is 0. The van der Waals surface area contributed by atoms with Gasteiger partial charge in [0, 0.05) is 11.6 Å². The number of benzene rings is 2. The average molecular weight is 204 g/mol. The van der Waals surface area contributed by atoms with Crippen LogP contribution in [0.1, 0.15) is 0 Å². The molecule has 0 saturated carbocycles. The predicted molar refractivity (Wildman–Crippen MR) is 55.2 cm³/mol. The number of rotatable bonds is 1. The molecule has 2 N–H and O–H groups in total. The zero-order valence-electron chi connectivity index (χ0n) is 7.81. The minimum Gasteiger partial charge on any atom is -0.508 e. The van der Waals surface area contributed by atoms with Gasteiger partial charge in [-0.15, -0.1) is 0 Å².